The van der Waals surface area contributed by atoms with Crippen molar-refractivity contribution >= 4 is 6.16 Å². The van der Waals surface area contributed by atoms with Crippen LogP contribution in [0.25, 0.3) is 0 Å². The number of nitrogens with zero attached hydrogens (tertiary/aromatic N) is 2. The Morgan fingerprint density at radius 1 is 1.12 bits per heavy atom. The van der Waals surface area contributed by atoms with E-state index in [1.807, 2.05) is 45.0 Å². The number of hydrogen-bond acceptors (Lipinski definition) is 10. The van der Waals surface area contributed by atoms with Crippen molar-refractivity contribution in [3.05, 3.63) is 41.1 Å². The average molecular weight is 481 g/mol. The summed E-state index contributed by atoms with van der Waals surface area (Å²) in [6.45, 7) is 5.47. The highest BCUT2D eigenvalue weighted by Crippen LogP contribution is 2.31. The lowest BCUT2D eigenvalue weighted by atomic mass is 9.99. The molecule has 11 heteroatoms. The molecule has 2 heterocycles. The molecule has 0 radical (unpaired) electrons. The molecule has 34 heavy (non-hydrogen) atoms. The van der Waals surface area contributed by atoms with Crippen molar-refractivity contribution in [1.29, 1.82) is 0 Å². The smallest absolute Gasteiger partial charge is 0.497 e. The third kappa shape index (κ3) is 5.61. The van der Waals surface area contributed by atoms with Crippen LogP contribution in [0, 0.1) is 6.92 Å². The molecule has 3 rings (SSSR count). The van der Waals surface area contributed by atoms with Crippen molar-refractivity contribution in [2.75, 3.05) is 20.8 Å². The second-order valence-corrected chi connectivity index (χ2v) is 8.33. The number of carbonyl (C=O) groups is 1. The van der Waals surface area contributed by atoms with Gasteiger partial charge in [0.15, 0.2) is 0 Å². The maximum Gasteiger partial charge on any atom is 0.508 e. The van der Waals surface area contributed by atoms with Gasteiger partial charge in [-0.2, -0.15) is 0 Å². The van der Waals surface area contributed by atoms with Gasteiger partial charge >= 0.3 is 6.16 Å². The number of rotatable bonds is 8. The third-order valence-corrected chi connectivity index (χ3v) is 5.69. The van der Waals surface area contributed by atoms with Crippen LogP contribution < -0.4 is 9.47 Å². The summed E-state index contributed by atoms with van der Waals surface area (Å²) in [5, 5.41) is 35.6. The Morgan fingerprint density at radius 3 is 2.38 bits per heavy atom. The van der Waals surface area contributed by atoms with Crippen molar-refractivity contribution in [3.63, 3.8) is 0 Å². The van der Waals surface area contributed by atoms with E-state index in [1.54, 1.807) is 11.8 Å². The van der Waals surface area contributed by atoms with E-state index in [9.17, 15) is 20.1 Å². The van der Waals surface area contributed by atoms with Gasteiger partial charge in [-0.1, -0.05) is 12.1 Å². The normalized spacial score (nSPS) is 24.7. The van der Waals surface area contributed by atoms with Gasteiger partial charge in [-0.25, -0.2) is 4.79 Å². The summed E-state index contributed by atoms with van der Waals surface area (Å²) in [5.74, 6) is 0.962. The molecule has 1 aliphatic rings. The van der Waals surface area contributed by atoms with Crippen molar-refractivity contribution < 1.29 is 43.8 Å². The molecule has 2 aromatic rings. The number of aromatic nitrogens is 2. The van der Waals surface area contributed by atoms with E-state index in [4.69, 9.17) is 18.9 Å². The largest absolute Gasteiger partial charge is 0.508 e. The molecule has 1 fully saturated rings. The second kappa shape index (κ2) is 11.0. The van der Waals surface area contributed by atoms with Crippen LogP contribution in [-0.4, -0.2) is 82.8 Å². The van der Waals surface area contributed by atoms with E-state index >= 15 is 0 Å². The number of ether oxygens (including phenoxy) is 5. The highest BCUT2D eigenvalue weighted by molar-refractivity contribution is 5.59. The number of aliphatic hydroxyl groups is 3. The number of benzene rings is 1. The van der Waals surface area contributed by atoms with Gasteiger partial charge in [-0.3, -0.25) is 4.68 Å². The second-order valence-electron chi connectivity index (χ2n) is 8.33. The first-order chi connectivity index (χ1) is 16.2. The first-order valence-electron chi connectivity index (χ1n) is 10.9. The average Bonchev–Trinajstić information content (AvgIpc) is 3.13. The predicted molar refractivity (Wildman–Crippen MR) is 119 cm³/mol. The highest BCUT2D eigenvalue weighted by atomic mass is 16.7. The van der Waals surface area contributed by atoms with E-state index < -0.39 is 43.5 Å². The molecule has 1 aliphatic heterocycles. The summed E-state index contributed by atoms with van der Waals surface area (Å²) in [4.78, 5) is 11.3. The summed E-state index contributed by atoms with van der Waals surface area (Å²) < 4.78 is 27.8. The van der Waals surface area contributed by atoms with Crippen LogP contribution in [0.15, 0.2) is 24.3 Å². The Balaban J connectivity index is 1.85. The predicted octanol–water partition coefficient (Wildman–Crippen LogP) is 1.34. The highest BCUT2D eigenvalue weighted by Gasteiger charge is 2.46. The maximum atomic E-state index is 11.3. The zero-order valence-electron chi connectivity index (χ0n) is 19.9. The molecule has 1 unspecified atom stereocenters. The standard InChI is InChI=1S/C23H32N2O9/c1-12(2)25-13(3)16(10-14-6-8-15(30-4)9-7-14)21(24-25)34-22-20(28)19(27)18(26)17(33-22)11-32-23(29)31-5/h6-9,12,17-20,22,26-28H,10-11H2,1-5H3/t17-,18-,19+,20-,22?/m1/s1. The number of aliphatic hydroxyl groups excluding tert-OH is 3. The lowest BCUT2D eigenvalue weighted by Crippen LogP contribution is -2.60. The zero-order chi connectivity index (χ0) is 25.0. The van der Waals surface area contributed by atoms with Crippen molar-refractivity contribution in [2.45, 2.75) is 63.9 Å². The lowest BCUT2D eigenvalue weighted by molar-refractivity contribution is -0.278. The molecular weight excluding hydrogens is 448 g/mol. The summed E-state index contributed by atoms with van der Waals surface area (Å²) >= 11 is 0. The molecule has 1 aromatic carbocycles. The van der Waals surface area contributed by atoms with Gasteiger partial charge in [0.05, 0.1) is 14.2 Å². The molecular formula is C23H32N2O9. The molecule has 188 valence electrons. The number of hydrogen-bond donors (Lipinski definition) is 3. The molecule has 0 amide bonds. The third-order valence-electron chi connectivity index (χ3n) is 5.69. The van der Waals surface area contributed by atoms with Gasteiger partial charge in [0.25, 0.3) is 0 Å². The minimum atomic E-state index is -1.59. The summed E-state index contributed by atoms with van der Waals surface area (Å²) in [6, 6.07) is 7.62. The quantitative estimate of drug-likeness (QED) is 0.474. The molecule has 3 N–H and O–H groups in total. The minimum Gasteiger partial charge on any atom is -0.497 e. The van der Waals surface area contributed by atoms with Gasteiger partial charge < -0.3 is 39.0 Å². The van der Waals surface area contributed by atoms with Gasteiger partial charge in [0.2, 0.25) is 12.2 Å². The lowest BCUT2D eigenvalue weighted by Gasteiger charge is -2.39. The Labute approximate surface area is 197 Å². The minimum absolute atomic E-state index is 0.0396. The molecule has 0 saturated carbocycles. The molecule has 0 bridgehead atoms. The Morgan fingerprint density at radius 2 is 1.79 bits per heavy atom. The summed E-state index contributed by atoms with van der Waals surface area (Å²) in [5.41, 5.74) is 2.64. The molecule has 5 atom stereocenters. The molecule has 0 aliphatic carbocycles. The van der Waals surface area contributed by atoms with Gasteiger partial charge in [-0.15, -0.1) is 5.10 Å². The fraction of sp³-hybridized carbons (Fsp3) is 0.565. The fourth-order valence-electron chi connectivity index (χ4n) is 3.75. The van der Waals surface area contributed by atoms with Crippen molar-refractivity contribution in [3.8, 4) is 11.6 Å². The van der Waals surface area contributed by atoms with Crippen LogP contribution in [0.1, 0.15) is 36.7 Å². The van der Waals surface area contributed by atoms with Gasteiger partial charge in [0, 0.05) is 23.7 Å². The van der Waals surface area contributed by atoms with E-state index in [0.29, 0.717) is 6.42 Å². The number of methoxy groups -OCH3 is 2. The SMILES string of the molecule is COC(=O)OC[C@H]1OC(Oc2nn(C(C)C)c(C)c2Cc2ccc(OC)cc2)[C@H](O)[C@@H](O)[C@@H]1O. The Bertz CT molecular complexity index is 960. The van der Waals surface area contributed by atoms with Crippen molar-refractivity contribution in [1.82, 2.24) is 9.78 Å². The fourth-order valence-corrected chi connectivity index (χ4v) is 3.75. The molecule has 11 nitrogen and oxygen atoms in total. The van der Waals surface area contributed by atoms with Crippen LogP contribution in [-0.2, 0) is 20.6 Å². The van der Waals surface area contributed by atoms with Crippen LogP contribution in [0.3, 0.4) is 0 Å². The maximum absolute atomic E-state index is 11.3. The first-order valence-corrected chi connectivity index (χ1v) is 10.9. The van der Waals surface area contributed by atoms with Crippen LogP contribution >= 0.6 is 0 Å². The summed E-state index contributed by atoms with van der Waals surface area (Å²) in [7, 11) is 2.74. The molecule has 1 aromatic heterocycles. The zero-order valence-corrected chi connectivity index (χ0v) is 19.9. The first kappa shape index (κ1) is 25.8. The molecule has 1 saturated heterocycles. The van der Waals surface area contributed by atoms with Crippen molar-refractivity contribution in [2.24, 2.45) is 0 Å². The Hall–Kier alpha value is -2.86. The monoisotopic (exact) mass is 480 g/mol. The van der Waals surface area contributed by atoms with Crippen LogP contribution in [0.4, 0.5) is 4.79 Å². The van der Waals surface area contributed by atoms with Crippen LogP contribution in [0.2, 0.25) is 0 Å². The van der Waals surface area contributed by atoms with E-state index in [0.717, 1.165) is 29.7 Å². The van der Waals surface area contributed by atoms with Gasteiger partial charge in [-0.05, 0) is 38.5 Å². The molecule has 0 spiro atoms. The topological polar surface area (TPSA) is 142 Å². The van der Waals surface area contributed by atoms with E-state index in [1.165, 1.54) is 0 Å². The number of carbonyl (C=O) groups excluding carboxylic acids is 1. The van der Waals surface area contributed by atoms with E-state index in [2.05, 4.69) is 9.84 Å². The van der Waals surface area contributed by atoms with Gasteiger partial charge in [0.1, 0.15) is 36.8 Å². The Kier molecular flexibility index (Phi) is 8.37. The van der Waals surface area contributed by atoms with E-state index in [-0.39, 0.29) is 11.9 Å². The van der Waals surface area contributed by atoms with Crippen LogP contribution in [0.5, 0.6) is 11.6 Å². The summed E-state index contributed by atoms with van der Waals surface area (Å²) in [6.07, 6.45) is -7.67.